The molecule has 2 N–H and O–H groups in total. The summed E-state index contributed by atoms with van der Waals surface area (Å²) in [6.45, 7) is 5.82. The molecule has 3 aromatic rings. The molecule has 34 heavy (non-hydrogen) atoms. The summed E-state index contributed by atoms with van der Waals surface area (Å²) in [4.78, 5) is 11.0. The van der Waals surface area contributed by atoms with E-state index in [0.717, 1.165) is 40.4 Å². The minimum Gasteiger partial charge on any atom is -0.478 e. The Morgan fingerprint density at radius 1 is 1.03 bits per heavy atom. The summed E-state index contributed by atoms with van der Waals surface area (Å²) < 4.78 is 37.8. The first-order valence-corrected chi connectivity index (χ1v) is 11.0. The van der Waals surface area contributed by atoms with Crippen molar-refractivity contribution in [3.63, 3.8) is 0 Å². The molecule has 0 aliphatic carbocycles. The summed E-state index contributed by atoms with van der Waals surface area (Å²) in [6.07, 6.45) is -1.72. The Balaban J connectivity index is 0.000000379. The van der Waals surface area contributed by atoms with Gasteiger partial charge in [-0.3, -0.25) is 0 Å². The van der Waals surface area contributed by atoms with Gasteiger partial charge in [0.05, 0.1) is 5.56 Å². The maximum absolute atomic E-state index is 12.6. The van der Waals surface area contributed by atoms with Gasteiger partial charge in [-0.1, -0.05) is 54.9 Å². The van der Waals surface area contributed by atoms with Gasteiger partial charge in [0.2, 0.25) is 0 Å². The second-order valence-corrected chi connectivity index (χ2v) is 8.14. The van der Waals surface area contributed by atoms with Crippen LogP contribution in [0.1, 0.15) is 41.7 Å². The molecule has 0 heterocycles. The largest absolute Gasteiger partial charge is 0.478 e. The topological polar surface area (TPSA) is 49.3 Å². The highest BCUT2D eigenvalue weighted by molar-refractivity contribution is 6.30. The van der Waals surface area contributed by atoms with Gasteiger partial charge in [0.15, 0.2) is 0 Å². The van der Waals surface area contributed by atoms with Gasteiger partial charge >= 0.3 is 12.1 Å². The van der Waals surface area contributed by atoms with Crippen molar-refractivity contribution in [2.24, 2.45) is 0 Å². The third-order valence-corrected chi connectivity index (χ3v) is 5.32. The number of benzene rings is 3. The highest BCUT2D eigenvalue weighted by Gasteiger charge is 2.29. The van der Waals surface area contributed by atoms with Crippen LogP contribution in [0.2, 0.25) is 5.02 Å². The molecule has 0 aliphatic heterocycles. The maximum Gasteiger partial charge on any atom is 0.416 e. The average Bonchev–Trinajstić information content (AvgIpc) is 2.79. The SMILES string of the molecule is C/C(=C\c1c(C)cccc1NCc1ccc(C(F)(F)F)cc1)C(=O)O.CCc1cccc(Cl)c1. The first-order chi connectivity index (χ1) is 16.0. The van der Waals surface area contributed by atoms with E-state index < -0.39 is 17.7 Å². The van der Waals surface area contributed by atoms with Crippen molar-refractivity contribution in [3.8, 4) is 0 Å². The van der Waals surface area contributed by atoms with Gasteiger partial charge in [0.25, 0.3) is 0 Å². The molecule has 0 radical (unpaired) electrons. The zero-order valence-corrected chi connectivity index (χ0v) is 20.0. The second kappa shape index (κ2) is 12.3. The number of carboxylic acid groups (broad SMARTS) is 1. The van der Waals surface area contributed by atoms with Crippen LogP contribution >= 0.6 is 11.6 Å². The molecule has 0 saturated carbocycles. The van der Waals surface area contributed by atoms with Crippen LogP contribution in [0.3, 0.4) is 0 Å². The number of hydrogen-bond acceptors (Lipinski definition) is 2. The van der Waals surface area contributed by atoms with Crippen molar-refractivity contribution in [2.45, 2.75) is 39.9 Å². The molecule has 7 heteroatoms. The Hall–Kier alpha value is -3.25. The maximum atomic E-state index is 12.6. The van der Waals surface area contributed by atoms with E-state index in [1.54, 1.807) is 12.1 Å². The smallest absolute Gasteiger partial charge is 0.416 e. The summed E-state index contributed by atoms with van der Waals surface area (Å²) >= 11 is 5.72. The van der Waals surface area contributed by atoms with Gasteiger partial charge in [-0.25, -0.2) is 4.79 Å². The molecule has 0 bridgehead atoms. The van der Waals surface area contributed by atoms with E-state index in [9.17, 15) is 18.0 Å². The molecule has 3 nitrogen and oxygen atoms in total. The summed E-state index contributed by atoms with van der Waals surface area (Å²) in [5.41, 5.74) is 3.87. The number of anilines is 1. The van der Waals surface area contributed by atoms with Crippen molar-refractivity contribution >= 4 is 29.3 Å². The van der Waals surface area contributed by atoms with Gasteiger partial charge in [0, 0.05) is 28.4 Å². The molecule has 0 saturated heterocycles. The van der Waals surface area contributed by atoms with E-state index in [-0.39, 0.29) is 5.57 Å². The zero-order valence-electron chi connectivity index (χ0n) is 19.2. The van der Waals surface area contributed by atoms with E-state index in [0.29, 0.717) is 12.1 Å². The van der Waals surface area contributed by atoms with Crippen molar-refractivity contribution < 1.29 is 23.1 Å². The van der Waals surface area contributed by atoms with E-state index in [1.807, 2.05) is 37.3 Å². The van der Waals surface area contributed by atoms with E-state index in [4.69, 9.17) is 16.7 Å². The highest BCUT2D eigenvalue weighted by atomic mass is 35.5. The lowest BCUT2D eigenvalue weighted by atomic mass is 10.0. The van der Waals surface area contributed by atoms with Crippen LogP contribution in [-0.4, -0.2) is 11.1 Å². The lowest BCUT2D eigenvalue weighted by Crippen LogP contribution is -2.06. The predicted octanol–water partition coefficient (Wildman–Crippen LogP) is 8.02. The number of rotatable bonds is 6. The molecule has 0 spiro atoms. The number of carbonyl (C=O) groups is 1. The quantitative estimate of drug-likeness (QED) is 0.345. The first kappa shape index (κ1) is 27.0. The van der Waals surface area contributed by atoms with E-state index >= 15 is 0 Å². The molecule has 0 atom stereocenters. The van der Waals surface area contributed by atoms with Gasteiger partial charge in [0.1, 0.15) is 0 Å². The molecular weight excluding hydrogens is 463 g/mol. The monoisotopic (exact) mass is 489 g/mol. The van der Waals surface area contributed by atoms with Crippen molar-refractivity contribution in [1.82, 2.24) is 0 Å². The standard InChI is InChI=1S/C19H18F3NO2.C8H9Cl/c1-12-4-3-5-17(16(12)10-13(2)18(24)25)23-11-14-6-8-15(9-7-14)19(20,21)22;1-2-7-4-3-5-8(9)6-7/h3-10,23H,11H2,1-2H3,(H,24,25);3-6H,2H2,1H3/b13-10+;. The highest BCUT2D eigenvalue weighted by Crippen LogP contribution is 2.29. The first-order valence-electron chi connectivity index (χ1n) is 10.7. The average molecular weight is 490 g/mol. The van der Waals surface area contributed by atoms with Crippen LogP contribution in [0.15, 0.2) is 72.3 Å². The second-order valence-electron chi connectivity index (χ2n) is 7.70. The minimum atomic E-state index is -4.35. The molecule has 180 valence electrons. The van der Waals surface area contributed by atoms with Crippen molar-refractivity contribution in [1.29, 1.82) is 0 Å². The van der Waals surface area contributed by atoms with Crippen LogP contribution in [0.4, 0.5) is 18.9 Å². The fourth-order valence-electron chi connectivity index (χ4n) is 3.07. The predicted molar refractivity (Wildman–Crippen MR) is 132 cm³/mol. The molecule has 0 unspecified atom stereocenters. The molecule has 3 aromatic carbocycles. The number of carboxylic acids is 1. The van der Waals surface area contributed by atoms with Crippen molar-refractivity contribution in [3.05, 3.63) is 105 Å². The van der Waals surface area contributed by atoms with Crippen molar-refractivity contribution in [2.75, 3.05) is 5.32 Å². The Morgan fingerprint density at radius 3 is 2.21 bits per heavy atom. The minimum absolute atomic E-state index is 0.201. The summed E-state index contributed by atoms with van der Waals surface area (Å²) in [6, 6.07) is 18.4. The number of aliphatic carboxylic acids is 1. The number of alkyl halides is 3. The zero-order chi connectivity index (χ0) is 25.3. The Morgan fingerprint density at radius 2 is 1.68 bits per heavy atom. The molecule has 0 aliphatic rings. The van der Waals surface area contributed by atoms with Gasteiger partial charge in [-0.15, -0.1) is 0 Å². The number of nitrogens with one attached hydrogen (secondary N) is 1. The van der Waals surface area contributed by atoms with Crippen LogP contribution in [0.25, 0.3) is 6.08 Å². The van der Waals surface area contributed by atoms with E-state index in [1.165, 1.54) is 24.6 Å². The van der Waals surface area contributed by atoms with Crippen LogP contribution < -0.4 is 5.32 Å². The van der Waals surface area contributed by atoms with Gasteiger partial charge in [-0.05, 0) is 73.4 Å². The Bertz CT molecular complexity index is 1140. The van der Waals surface area contributed by atoms with Crippen LogP contribution in [-0.2, 0) is 23.9 Å². The van der Waals surface area contributed by atoms with E-state index in [2.05, 4.69) is 18.3 Å². The Labute approximate surface area is 202 Å². The summed E-state index contributed by atoms with van der Waals surface area (Å²) in [5, 5.41) is 13.0. The number of halogens is 4. The molecule has 0 amide bonds. The summed E-state index contributed by atoms with van der Waals surface area (Å²) in [7, 11) is 0. The van der Waals surface area contributed by atoms with Crippen LogP contribution in [0.5, 0.6) is 0 Å². The van der Waals surface area contributed by atoms with Crippen LogP contribution in [0, 0.1) is 6.92 Å². The van der Waals surface area contributed by atoms with Gasteiger partial charge in [-0.2, -0.15) is 13.2 Å². The fraction of sp³-hybridized carbons (Fsp3) is 0.222. The third-order valence-electron chi connectivity index (χ3n) is 5.08. The van der Waals surface area contributed by atoms with Gasteiger partial charge < -0.3 is 10.4 Å². The molecule has 0 fully saturated rings. The number of aryl methyl sites for hydroxylation is 2. The molecule has 0 aromatic heterocycles. The normalized spacial score (nSPS) is 11.4. The summed E-state index contributed by atoms with van der Waals surface area (Å²) in [5.74, 6) is -1.00. The lowest BCUT2D eigenvalue weighted by molar-refractivity contribution is -0.137. The number of hydrogen-bond donors (Lipinski definition) is 2. The fourth-order valence-corrected chi connectivity index (χ4v) is 3.28. The lowest BCUT2D eigenvalue weighted by Gasteiger charge is -2.13. The molecular formula is C27H27ClF3NO2. The third kappa shape index (κ3) is 8.27. The molecule has 3 rings (SSSR count). The Kier molecular flexibility index (Phi) is 9.75.